The molecule has 1 amide bonds. The van der Waals surface area contributed by atoms with Gasteiger partial charge in [0.15, 0.2) is 6.61 Å². The molecule has 1 aromatic rings. The monoisotopic (exact) mass is 289 g/mol. The Morgan fingerprint density at radius 1 is 1.43 bits per heavy atom. The maximum absolute atomic E-state index is 12.1. The molecule has 114 valence electrons. The molecule has 2 unspecified atom stereocenters. The van der Waals surface area contributed by atoms with Crippen LogP contribution in [0.4, 0.5) is 5.69 Å². The Morgan fingerprint density at radius 3 is 2.86 bits per heavy atom. The van der Waals surface area contributed by atoms with E-state index in [1.165, 1.54) is 0 Å². The van der Waals surface area contributed by atoms with Crippen LogP contribution in [0.2, 0.25) is 0 Å². The number of nitrogens with zero attached hydrogens (tertiary/aromatic N) is 1. The lowest BCUT2D eigenvalue weighted by molar-refractivity contribution is -0.119. The van der Waals surface area contributed by atoms with Gasteiger partial charge in [0.1, 0.15) is 11.8 Å². The first-order chi connectivity index (χ1) is 10.0. The molecular formula is C16H23N3O2. The van der Waals surface area contributed by atoms with Crippen LogP contribution in [0.25, 0.3) is 0 Å². The summed E-state index contributed by atoms with van der Waals surface area (Å²) in [5.41, 5.74) is 6.37. The number of nitrogens with two attached hydrogens (primary N) is 1. The highest BCUT2D eigenvalue weighted by Gasteiger charge is 2.13. The maximum atomic E-state index is 12.1. The second-order valence-electron chi connectivity index (χ2n) is 5.27. The lowest BCUT2D eigenvalue weighted by Gasteiger charge is -2.13. The molecule has 0 saturated heterocycles. The van der Waals surface area contributed by atoms with Crippen molar-refractivity contribution in [2.45, 2.75) is 39.2 Å². The third-order valence-corrected chi connectivity index (χ3v) is 3.15. The smallest absolute Gasteiger partial charge is 0.227 e. The lowest BCUT2D eigenvalue weighted by Crippen LogP contribution is -2.21. The molecular weight excluding hydrogens is 266 g/mol. The third kappa shape index (κ3) is 6.77. The summed E-state index contributed by atoms with van der Waals surface area (Å²) in [5, 5.41) is 11.3. The standard InChI is InChI=1S/C16H23N3O2/c1-12(5-3-6-13(2)18)16(20)19-14-7-4-8-15(11-14)21-10-9-17/h4,7-8,11-13H,3,5-6,10,18H2,1-2H3,(H,19,20). The van der Waals surface area contributed by atoms with E-state index in [1.54, 1.807) is 24.3 Å². The Bertz CT molecular complexity index is 495. The van der Waals surface area contributed by atoms with E-state index in [0.717, 1.165) is 19.3 Å². The number of hydrogen-bond donors (Lipinski definition) is 2. The molecule has 0 aliphatic heterocycles. The van der Waals surface area contributed by atoms with Gasteiger partial charge in [0.25, 0.3) is 0 Å². The SMILES string of the molecule is CC(N)CCCC(C)C(=O)Nc1cccc(OCC#N)c1. The van der Waals surface area contributed by atoms with E-state index in [4.69, 9.17) is 15.7 Å². The number of amides is 1. The molecule has 2 atom stereocenters. The second-order valence-corrected chi connectivity index (χ2v) is 5.27. The summed E-state index contributed by atoms with van der Waals surface area (Å²) in [4.78, 5) is 12.1. The Morgan fingerprint density at radius 2 is 2.19 bits per heavy atom. The minimum Gasteiger partial charge on any atom is -0.479 e. The van der Waals surface area contributed by atoms with Crippen LogP contribution in [-0.4, -0.2) is 18.6 Å². The van der Waals surface area contributed by atoms with Crippen molar-refractivity contribution in [3.63, 3.8) is 0 Å². The first kappa shape index (κ1) is 17.0. The van der Waals surface area contributed by atoms with E-state index in [-0.39, 0.29) is 24.5 Å². The van der Waals surface area contributed by atoms with Crippen LogP contribution in [0.5, 0.6) is 5.75 Å². The summed E-state index contributed by atoms with van der Waals surface area (Å²) in [5.74, 6) is 0.489. The minimum absolute atomic E-state index is 0.00885. The molecule has 0 aliphatic rings. The molecule has 0 aliphatic carbocycles. The van der Waals surface area contributed by atoms with Crippen LogP contribution < -0.4 is 15.8 Å². The molecule has 5 nitrogen and oxygen atoms in total. The number of nitrogens with one attached hydrogen (secondary N) is 1. The first-order valence-electron chi connectivity index (χ1n) is 7.19. The van der Waals surface area contributed by atoms with Gasteiger partial charge in [-0.3, -0.25) is 4.79 Å². The van der Waals surface area contributed by atoms with Crippen molar-refractivity contribution in [1.82, 2.24) is 0 Å². The molecule has 0 fully saturated rings. The van der Waals surface area contributed by atoms with Gasteiger partial charge in [-0.25, -0.2) is 0 Å². The second kappa shape index (κ2) is 8.98. The zero-order valence-electron chi connectivity index (χ0n) is 12.6. The van der Waals surface area contributed by atoms with Gasteiger partial charge < -0.3 is 15.8 Å². The fourth-order valence-electron chi connectivity index (χ4n) is 1.92. The highest BCUT2D eigenvalue weighted by atomic mass is 16.5. The van der Waals surface area contributed by atoms with Gasteiger partial charge in [-0.05, 0) is 31.9 Å². The van der Waals surface area contributed by atoms with Crippen molar-refractivity contribution in [1.29, 1.82) is 5.26 Å². The van der Waals surface area contributed by atoms with Crippen LogP contribution in [0.3, 0.4) is 0 Å². The summed E-state index contributed by atoms with van der Waals surface area (Å²) in [6.45, 7) is 3.87. The average Bonchev–Trinajstić information content (AvgIpc) is 2.45. The normalized spacial score (nSPS) is 13.0. The number of carbonyl (C=O) groups excluding carboxylic acids is 1. The number of carbonyl (C=O) groups is 1. The molecule has 0 radical (unpaired) electrons. The first-order valence-corrected chi connectivity index (χ1v) is 7.19. The highest BCUT2D eigenvalue weighted by molar-refractivity contribution is 5.92. The molecule has 0 bridgehead atoms. The van der Waals surface area contributed by atoms with Crippen LogP contribution in [0, 0.1) is 17.2 Å². The van der Waals surface area contributed by atoms with Gasteiger partial charge in [0.05, 0.1) is 0 Å². The van der Waals surface area contributed by atoms with E-state index in [9.17, 15) is 4.79 Å². The molecule has 0 heterocycles. The number of benzene rings is 1. The number of hydrogen-bond acceptors (Lipinski definition) is 4. The van der Waals surface area contributed by atoms with Gasteiger partial charge in [-0.1, -0.05) is 19.4 Å². The lowest BCUT2D eigenvalue weighted by atomic mass is 10.0. The van der Waals surface area contributed by atoms with Gasteiger partial charge >= 0.3 is 0 Å². The summed E-state index contributed by atoms with van der Waals surface area (Å²) in [6, 6.07) is 9.12. The molecule has 0 spiro atoms. The zero-order valence-corrected chi connectivity index (χ0v) is 12.6. The van der Waals surface area contributed by atoms with Crippen LogP contribution >= 0.6 is 0 Å². The molecule has 5 heteroatoms. The quantitative estimate of drug-likeness (QED) is 0.770. The van der Waals surface area contributed by atoms with Gasteiger partial charge in [-0.2, -0.15) is 5.26 Å². The summed E-state index contributed by atoms with van der Waals surface area (Å²) in [6.07, 6.45) is 2.69. The molecule has 0 saturated carbocycles. The molecule has 3 N–H and O–H groups in total. The number of anilines is 1. The Kier molecular flexibility index (Phi) is 7.27. The Hall–Kier alpha value is -2.06. The van der Waals surface area contributed by atoms with Crippen molar-refractivity contribution in [2.75, 3.05) is 11.9 Å². The third-order valence-electron chi connectivity index (χ3n) is 3.15. The van der Waals surface area contributed by atoms with Gasteiger partial charge in [-0.15, -0.1) is 0 Å². The van der Waals surface area contributed by atoms with Crippen LogP contribution in [0.15, 0.2) is 24.3 Å². The zero-order chi connectivity index (χ0) is 15.7. The Balaban J connectivity index is 2.48. The van der Waals surface area contributed by atoms with Crippen molar-refractivity contribution < 1.29 is 9.53 Å². The predicted molar refractivity (Wildman–Crippen MR) is 82.8 cm³/mol. The molecule has 1 aromatic carbocycles. The molecule has 1 rings (SSSR count). The fraction of sp³-hybridized carbons (Fsp3) is 0.500. The van der Waals surface area contributed by atoms with E-state index in [0.29, 0.717) is 11.4 Å². The summed E-state index contributed by atoms with van der Waals surface area (Å²) >= 11 is 0. The largest absolute Gasteiger partial charge is 0.479 e. The summed E-state index contributed by atoms with van der Waals surface area (Å²) < 4.78 is 5.20. The number of rotatable bonds is 8. The van der Waals surface area contributed by atoms with Crippen LogP contribution in [0.1, 0.15) is 33.1 Å². The fourth-order valence-corrected chi connectivity index (χ4v) is 1.92. The van der Waals surface area contributed by atoms with Crippen molar-refractivity contribution in [3.8, 4) is 11.8 Å². The predicted octanol–water partition coefficient (Wildman–Crippen LogP) is 2.68. The highest BCUT2D eigenvalue weighted by Crippen LogP contribution is 2.19. The van der Waals surface area contributed by atoms with Crippen molar-refractivity contribution in [2.24, 2.45) is 11.7 Å². The summed E-state index contributed by atoms with van der Waals surface area (Å²) in [7, 11) is 0. The van der Waals surface area contributed by atoms with E-state index in [1.807, 2.05) is 19.9 Å². The number of nitriles is 1. The number of ether oxygens (including phenoxy) is 1. The van der Waals surface area contributed by atoms with E-state index >= 15 is 0 Å². The van der Waals surface area contributed by atoms with E-state index in [2.05, 4.69) is 5.32 Å². The minimum atomic E-state index is -0.0626. The maximum Gasteiger partial charge on any atom is 0.227 e. The average molecular weight is 289 g/mol. The van der Waals surface area contributed by atoms with Crippen molar-refractivity contribution in [3.05, 3.63) is 24.3 Å². The molecule has 21 heavy (non-hydrogen) atoms. The Labute approximate surface area is 126 Å². The molecule has 0 aromatic heterocycles. The van der Waals surface area contributed by atoms with Crippen molar-refractivity contribution >= 4 is 11.6 Å². The van der Waals surface area contributed by atoms with Gasteiger partial charge in [0, 0.05) is 23.7 Å². The van der Waals surface area contributed by atoms with E-state index < -0.39 is 0 Å². The van der Waals surface area contributed by atoms with Gasteiger partial charge in [0.2, 0.25) is 5.91 Å². The topological polar surface area (TPSA) is 88.1 Å². The van der Waals surface area contributed by atoms with Crippen LogP contribution in [-0.2, 0) is 4.79 Å².